The van der Waals surface area contributed by atoms with Gasteiger partial charge in [0.1, 0.15) is 17.3 Å². The molecule has 15 nitrogen and oxygen atoms in total. The molecule has 20 heteroatoms. The Balaban J connectivity index is 0.00000102. The highest BCUT2D eigenvalue weighted by Crippen LogP contribution is 2.36. The second kappa shape index (κ2) is 21.5. The van der Waals surface area contributed by atoms with E-state index in [9.17, 15) is 27.6 Å². The minimum Gasteiger partial charge on any atom is -0.496 e. The standard InChI is InChI=1S/C42H37ClFN7O6.C2HF3O2/c1-55-34-9-4-8-33(44)37(34)39-32-20-26(43)11-14-30(32)38-25(22-47-39)23-48-42(51-38)50-28-13-16-31(35(21-28)56-2)40(53)46-18-6-10-36(52)49-27-12-15-29(41(54)57-3)24(19-27)7-5-17-45;3-2(4,5)1(6)7/h4,8-9,11-16,19-21,23H,6,10,17-18,22,45H2,1-3H3,(H,46,53)(H,49,52)(H,48,50,51);(H,6,7). The number of alkyl halides is 3. The zero-order chi connectivity index (χ0) is 46.6. The average molecular weight is 904 g/mol. The van der Waals surface area contributed by atoms with Crippen LogP contribution in [0.15, 0.2) is 84.0 Å². The van der Waals surface area contributed by atoms with Gasteiger partial charge in [0.05, 0.1) is 62.5 Å². The number of nitrogens with zero attached hydrogens (tertiary/aromatic N) is 3. The van der Waals surface area contributed by atoms with Gasteiger partial charge in [-0.2, -0.15) is 13.2 Å². The van der Waals surface area contributed by atoms with Crippen LogP contribution >= 0.6 is 11.6 Å². The van der Waals surface area contributed by atoms with Gasteiger partial charge >= 0.3 is 18.1 Å². The lowest BCUT2D eigenvalue weighted by Crippen LogP contribution is -2.26. The van der Waals surface area contributed by atoms with Crippen LogP contribution in [0.5, 0.6) is 11.5 Å². The SMILES string of the molecule is COC(=O)c1ccc(NC(=O)CCCNC(=O)c2ccc(Nc3ncc4c(n3)-c3ccc(Cl)cc3C(c3c(F)cccc3OC)=NC4)cc2OC)cc1C#CCN.O=C(O)C(F)(F)F. The molecule has 2 amide bonds. The number of carboxylic acid groups (broad SMARTS) is 1. The number of aliphatic imine (C=N–C) groups is 1. The van der Waals surface area contributed by atoms with E-state index in [-0.39, 0.29) is 60.5 Å². The van der Waals surface area contributed by atoms with Crippen LogP contribution in [-0.4, -0.2) is 85.1 Å². The molecule has 6 rings (SSSR count). The van der Waals surface area contributed by atoms with Crippen LogP contribution in [0.2, 0.25) is 5.02 Å². The quantitative estimate of drug-likeness (QED) is 0.0373. The number of hydrogen-bond acceptors (Lipinski definition) is 12. The van der Waals surface area contributed by atoms with E-state index in [1.165, 1.54) is 33.5 Å². The first-order valence-corrected chi connectivity index (χ1v) is 19.2. The summed E-state index contributed by atoms with van der Waals surface area (Å²) in [5.41, 5.74) is 10.6. The molecule has 1 aliphatic heterocycles. The van der Waals surface area contributed by atoms with Crippen LogP contribution in [0, 0.1) is 17.7 Å². The van der Waals surface area contributed by atoms with E-state index < -0.39 is 23.9 Å². The number of halogens is 5. The highest BCUT2D eigenvalue weighted by Gasteiger charge is 2.38. The number of fused-ring (bicyclic) bond motifs is 3. The number of rotatable bonds is 12. The van der Waals surface area contributed by atoms with E-state index in [4.69, 9.17) is 51.4 Å². The number of hydrogen-bond donors (Lipinski definition) is 5. The fourth-order valence-electron chi connectivity index (χ4n) is 6.12. The lowest BCUT2D eigenvalue weighted by Gasteiger charge is -2.15. The maximum absolute atomic E-state index is 15.3. The number of carbonyl (C=O) groups excluding carboxylic acids is 3. The van der Waals surface area contributed by atoms with Gasteiger partial charge < -0.3 is 41.0 Å². The summed E-state index contributed by atoms with van der Waals surface area (Å²) in [7, 11) is 4.20. The van der Waals surface area contributed by atoms with Crippen LogP contribution in [0.25, 0.3) is 11.3 Å². The van der Waals surface area contributed by atoms with Gasteiger partial charge in [0, 0.05) is 63.9 Å². The lowest BCUT2D eigenvalue weighted by molar-refractivity contribution is -0.192. The Labute approximate surface area is 368 Å². The van der Waals surface area contributed by atoms with E-state index >= 15 is 4.39 Å². The minimum absolute atomic E-state index is 0.0995. The second-order valence-electron chi connectivity index (χ2n) is 13.2. The lowest BCUT2D eigenvalue weighted by atomic mass is 9.94. The van der Waals surface area contributed by atoms with Crippen molar-refractivity contribution in [3.63, 3.8) is 0 Å². The summed E-state index contributed by atoms with van der Waals surface area (Å²) in [6.07, 6.45) is -2.96. The van der Waals surface area contributed by atoms with Crippen molar-refractivity contribution in [1.29, 1.82) is 0 Å². The van der Waals surface area contributed by atoms with Crippen molar-refractivity contribution in [3.8, 4) is 34.6 Å². The number of amides is 2. The first-order chi connectivity index (χ1) is 30.6. The fraction of sp³-hybridized carbons (Fsp3) is 0.205. The second-order valence-corrected chi connectivity index (χ2v) is 13.7. The van der Waals surface area contributed by atoms with Crippen molar-refractivity contribution in [1.82, 2.24) is 15.3 Å². The van der Waals surface area contributed by atoms with Crippen molar-refractivity contribution in [2.24, 2.45) is 10.7 Å². The van der Waals surface area contributed by atoms with Gasteiger partial charge in [-0.25, -0.2) is 23.9 Å². The number of benzene rings is 4. The summed E-state index contributed by atoms with van der Waals surface area (Å²) in [5.74, 6) is 1.94. The molecule has 332 valence electrons. The molecular weight excluding hydrogens is 866 g/mol. The fourth-order valence-corrected chi connectivity index (χ4v) is 6.29. The van der Waals surface area contributed by atoms with Gasteiger partial charge in [0.15, 0.2) is 0 Å². The van der Waals surface area contributed by atoms with Gasteiger partial charge in [0.25, 0.3) is 5.91 Å². The van der Waals surface area contributed by atoms with E-state index in [0.29, 0.717) is 68.0 Å². The molecule has 0 bridgehead atoms. The van der Waals surface area contributed by atoms with Crippen LogP contribution in [-0.2, 0) is 20.9 Å². The van der Waals surface area contributed by atoms with E-state index in [0.717, 1.165) is 0 Å². The molecule has 6 N–H and O–H groups in total. The van der Waals surface area contributed by atoms with Crippen molar-refractivity contribution in [2.75, 3.05) is 45.1 Å². The zero-order valence-electron chi connectivity index (χ0n) is 34.2. The van der Waals surface area contributed by atoms with E-state index in [1.807, 2.05) is 6.07 Å². The molecule has 1 aromatic heterocycles. The highest BCUT2D eigenvalue weighted by atomic mass is 35.5. The normalized spacial score (nSPS) is 11.4. The third-order valence-electron chi connectivity index (χ3n) is 9.04. The molecule has 0 fully saturated rings. The van der Waals surface area contributed by atoms with Gasteiger partial charge in [-0.15, -0.1) is 0 Å². The Bertz CT molecular complexity index is 2690. The summed E-state index contributed by atoms with van der Waals surface area (Å²) >= 11 is 6.43. The minimum atomic E-state index is -5.08. The zero-order valence-corrected chi connectivity index (χ0v) is 34.9. The Hall–Kier alpha value is -7.56. The predicted octanol–water partition coefficient (Wildman–Crippen LogP) is 6.93. The number of nitrogens with one attached hydrogen (secondary N) is 3. The maximum Gasteiger partial charge on any atom is 0.490 e. The molecule has 0 unspecified atom stereocenters. The Morgan fingerprint density at radius 1 is 0.922 bits per heavy atom. The van der Waals surface area contributed by atoms with Crippen LogP contribution in [0.3, 0.4) is 0 Å². The maximum atomic E-state index is 15.3. The van der Waals surface area contributed by atoms with Crippen LogP contribution in [0.1, 0.15) is 55.8 Å². The number of carbonyl (C=O) groups is 4. The molecule has 2 heterocycles. The molecule has 0 spiro atoms. The largest absolute Gasteiger partial charge is 0.496 e. The van der Waals surface area contributed by atoms with Crippen molar-refractivity contribution < 1.29 is 56.1 Å². The Morgan fingerprint density at radius 2 is 1.64 bits per heavy atom. The first kappa shape index (κ1) is 47.5. The number of anilines is 3. The Kier molecular flexibility index (Phi) is 15.9. The number of aliphatic carboxylic acids is 1. The molecule has 0 radical (unpaired) electrons. The van der Waals surface area contributed by atoms with Gasteiger partial charge in [-0.05, 0) is 61.0 Å². The topological polar surface area (TPSA) is 216 Å². The molecule has 4 aromatic carbocycles. The third-order valence-corrected chi connectivity index (χ3v) is 9.28. The van der Waals surface area contributed by atoms with Gasteiger partial charge in [-0.1, -0.05) is 35.6 Å². The molecule has 0 saturated carbocycles. The molecule has 0 aliphatic carbocycles. The molecule has 5 aromatic rings. The molecular formula is C44H38ClF4N7O8. The molecule has 0 saturated heterocycles. The molecule has 1 aliphatic rings. The summed E-state index contributed by atoms with van der Waals surface area (Å²) in [4.78, 5) is 60.9. The first-order valence-electron chi connectivity index (χ1n) is 18.9. The van der Waals surface area contributed by atoms with Crippen molar-refractivity contribution >= 4 is 58.4 Å². The van der Waals surface area contributed by atoms with Gasteiger partial charge in [-0.3, -0.25) is 14.6 Å². The summed E-state index contributed by atoms with van der Waals surface area (Å²) in [6, 6.07) is 19.5. The summed E-state index contributed by atoms with van der Waals surface area (Å²) in [5, 5.41) is 16.4. The summed E-state index contributed by atoms with van der Waals surface area (Å²) < 4.78 is 62.8. The molecule has 64 heavy (non-hydrogen) atoms. The number of aromatic nitrogens is 2. The van der Waals surface area contributed by atoms with Crippen molar-refractivity contribution in [2.45, 2.75) is 25.6 Å². The predicted molar refractivity (Wildman–Crippen MR) is 229 cm³/mol. The average Bonchev–Trinajstić information content (AvgIpc) is 3.42. The number of esters is 1. The number of methoxy groups -OCH3 is 3. The monoisotopic (exact) mass is 903 g/mol. The number of carboxylic acids is 1. The van der Waals surface area contributed by atoms with E-state index in [1.54, 1.807) is 60.8 Å². The molecule has 0 atom stereocenters. The van der Waals surface area contributed by atoms with E-state index in [2.05, 4.69) is 32.8 Å². The smallest absolute Gasteiger partial charge is 0.490 e. The van der Waals surface area contributed by atoms with Crippen LogP contribution < -0.4 is 31.2 Å². The highest BCUT2D eigenvalue weighted by molar-refractivity contribution is 6.31. The van der Waals surface area contributed by atoms with Crippen molar-refractivity contribution in [3.05, 3.63) is 123 Å². The number of nitrogens with two attached hydrogens (primary N) is 1. The Morgan fingerprint density at radius 3 is 2.33 bits per heavy atom. The summed E-state index contributed by atoms with van der Waals surface area (Å²) in [6.45, 7) is 0.492. The number of ether oxygens (including phenoxy) is 3. The van der Waals surface area contributed by atoms with Gasteiger partial charge in [0.2, 0.25) is 11.9 Å². The third kappa shape index (κ3) is 11.9. The van der Waals surface area contributed by atoms with Crippen LogP contribution in [0.4, 0.5) is 34.9 Å².